The Morgan fingerprint density at radius 3 is 3.12 bits per heavy atom. The average molecular weight is 224 g/mol. The summed E-state index contributed by atoms with van der Waals surface area (Å²) >= 11 is 0. The molecule has 0 spiro atoms. The molecule has 86 valence electrons. The highest BCUT2D eigenvalue weighted by Crippen LogP contribution is 2.16. The van der Waals surface area contributed by atoms with Crippen LogP contribution in [0, 0.1) is 11.8 Å². The molecule has 0 aliphatic heterocycles. The zero-order chi connectivity index (χ0) is 11.9. The van der Waals surface area contributed by atoms with E-state index in [-0.39, 0.29) is 0 Å². The first kappa shape index (κ1) is 11.6. The molecular weight excluding hydrogens is 208 g/mol. The van der Waals surface area contributed by atoms with Gasteiger partial charge in [0.05, 0.1) is 0 Å². The highest BCUT2D eigenvalue weighted by Gasteiger charge is 1.99. The molecule has 0 amide bonds. The third-order valence-electron chi connectivity index (χ3n) is 2.69. The predicted octanol–water partition coefficient (Wildman–Crippen LogP) is 2.74. The van der Waals surface area contributed by atoms with Crippen LogP contribution in [0.15, 0.2) is 36.7 Å². The summed E-state index contributed by atoms with van der Waals surface area (Å²) in [5, 5.41) is 5.87. The first-order chi connectivity index (χ1) is 8.42. The Morgan fingerprint density at radius 2 is 2.24 bits per heavy atom. The molecule has 2 rings (SSSR count). The molecule has 0 bridgehead atoms. The number of pyridine rings is 1. The van der Waals surface area contributed by atoms with E-state index in [0.717, 1.165) is 19.5 Å². The lowest BCUT2D eigenvalue weighted by molar-refractivity contribution is 0.704. The molecule has 2 aromatic rings. The van der Waals surface area contributed by atoms with Crippen LogP contribution in [0.4, 0.5) is 0 Å². The van der Waals surface area contributed by atoms with Crippen LogP contribution in [0.2, 0.25) is 0 Å². The van der Waals surface area contributed by atoms with Crippen LogP contribution in [0.25, 0.3) is 10.8 Å². The Bertz CT molecular complexity index is 544. The van der Waals surface area contributed by atoms with Gasteiger partial charge in [-0.15, -0.1) is 11.8 Å². The molecule has 0 radical (unpaired) electrons. The number of fused-ring (bicyclic) bond motifs is 1. The number of nitrogens with zero attached hydrogens (tertiary/aromatic N) is 1. The molecule has 0 aliphatic carbocycles. The summed E-state index contributed by atoms with van der Waals surface area (Å²) in [5.74, 6) is 5.95. The second-order valence-corrected chi connectivity index (χ2v) is 3.87. The van der Waals surface area contributed by atoms with Crippen LogP contribution in [-0.2, 0) is 6.54 Å². The number of aromatic nitrogens is 1. The van der Waals surface area contributed by atoms with E-state index >= 15 is 0 Å². The standard InChI is InChI=1S/C15H16N2/c1-2-3-4-9-16-11-13-6-5-7-14-12-17-10-8-15(13)14/h5-8,10,12,16H,4,9,11H2,1H3. The molecule has 2 heteroatoms. The third-order valence-corrected chi connectivity index (χ3v) is 2.69. The van der Waals surface area contributed by atoms with Crippen molar-refractivity contribution >= 4 is 10.8 Å². The lowest BCUT2D eigenvalue weighted by Gasteiger charge is -2.06. The normalized spacial score (nSPS) is 9.94. The Hall–Kier alpha value is -1.85. The zero-order valence-corrected chi connectivity index (χ0v) is 10.0. The van der Waals surface area contributed by atoms with E-state index < -0.39 is 0 Å². The van der Waals surface area contributed by atoms with Gasteiger partial charge < -0.3 is 5.32 Å². The van der Waals surface area contributed by atoms with Crippen LogP contribution in [-0.4, -0.2) is 11.5 Å². The zero-order valence-electron chi connectivity index (χ0n) is 10.0. The molecular formula is C15H16N2. The van der Waals surface area contributed by atoms with Gasteiger partial charge >= 0.3 is 0 Å². The Balaban J connectivity index is 2.05. The maximum atomic E-state index is 4.14. The van der Waals surface area contributed by atoms with Gasteiger partial charge in [0, 0.05) is 37.3 Å². The molecule has 0 aliphatic rings. The molecule has 0 fully saturated rings. The van der Waals surface area contributed by atoms with Crippen LogP contribution in [0.1, 0.15) is 18.9 Å². The van der Waals surface area contributed by atoms with Crippen LogP contribution in [0.3, 0.4) is 0 Å². The van der Waals surface area contributed by atoms with Gasteiger partial charge in [0.25, 0.3) is 0 Å². The maximum Gasteiger partial charge on any atom is 0.0346 e. The molecule has 0 saturated heterocycles. The van der Waals surface area contributed by atoms with Crippen molar-refractivity contribution in [2.75, 3.05) is 6.54 Å². The van der Waals surface area contributed by atoms with E-state index in [1.54, 1.807) is 0 Å². The van der Waals surface area contributed by atoms with Crippen molar-refractivity contribution in [3.63, 3.8) is 0 Å². The predicted molar refractivity (Wildman–Crippen MR) is 71.5 cm³/mol. The van der Waals surface area contributed by atoms with Crippen molar-refractivity contribution < 1.29 is 0 Å². The minimum Gasteiger partial charge on any atom is -0.312 e. The number of hydrogen-bond donors (Lipinski definition) is 1. The highest BCUT2D eigenvalue weighted by molar-refractivity contribution is 5.84. The van der Waals surface area contributed by atoms with Crippen LogP contribution in [0.5, 0.6) is 0 Å². The van der Waals surface area contributed by atoms with Gasteiger partial charge in [-0.05, 0) is 23.9 Å². The van der Waals surface area contributed by atoms with Gasteiger partial charge in [0.15, 0.2) is 0 Å². The van der Waals surface area contributed by atoms with Crippen molar-refractivity contribution in [2.45, 2.75) is 19.9 Å². The molecule has 0 saturated carbocycles. The lowest BCUT2D eigenvalue weighted by Crippen LogP contribution is -2.14. The van der Waals surface area contributed by atoms with Gasteiger partial charge in [-0.2, -0.15) is 0 Å². The number of benzene rings is 1. The Morgan fingerprint density at radius 1 is 1.29 bits per heavy atom. The Labute approximate surface area is 102 Å². The van der Waals surface area contributed by atoms with Crippen molar-refractivity contribution in [2.24, 2.45) is 0 Å². The summed E-state index contributed by atoms with van der Waals surface area (Å²) in [5.41, 5.74) is 1.31. The first-order valence-corrected chi connectivity index (χ1v) is 5.84. The van der Waals surface area contributed by atoms with Crippen molar-refractivity contribution in [3.8, 4) is 11.8 Å². The van der Waals surface area contributed by atoms with E-state index in [1.807, 2.05) is 19.3 Å². The van der Waals surface area contributed by atoms with E-state index in [9.17, 15) is 0 Å². The fraction of sp³-hybridized carbons (Fsp3) is 0.267. The molecule has 1 aromatic carbocycles. The topological polar surface area (TPSA) is 24.9 Å². The van der Waals surface area contributed by atoms with Crippen molar-refractivity contribution in [1.29, 1.82) is 0 Å². The molecule has 1 N–H and O–H groups in total. The Kier molecular flexibility index (Phi) is 4.12. The molecule has 1 heterocycles. The summed E-state index contributed by atoms with van der Waals surface area (Å²) in [7, 11) is 0. The summed E-state index contributed by atoms with van der Waals surface area (Å²) in [4.78, 5) is 4.14. The van der Waals surface area contributed by atoms with Crippen LogP contribution >= 0.6 is 0 Å². The largest absolute Gasteiger partial charge is 0.312 e. The van der Waals surface area contributed by atoms with Gasteiger partial charge in [-0.3, -0.25) is 4.98 Å². The number of nitrogens with one attached hydrogen (secondary N) is 1. The minimum atomic E-state index is 0.882. The van der Waals surface area contributed by atoms with E-state index in [1.165, 1.54) is 16.3 Å². The van der Waals surface area contributed by atoms with Gasteiger partial charge in [-0.1, -0.05) is 18.2 Å². The summed E-state index contributed by atoms with van der Waals surface area (Å²) in [6, 6.07) is 8.39. The fourth-order valence-corrected chi connectivity index (χ4v) is 1.84. The monoisotopic (exact) mass is 224 g/mol. The van der Waals surface area contributed by atoms with Gasteiger partial charge in [0.2, 0.25) is 0 Å². The van der Waals surface area contributed by atoms with Crippen molar-refractivity contribution in [1.82, 2.24) is 10.3 Å². The SMILES string of the molecule is CC#CCCNCc1cccc2cnccc12. The van der Waals surface area contributed by atoms with E-state index in [4.69, 9.17) is 0 Å². The summed E-state index contributed by atoms with van der Waals surface area (Å²) in [6.07, 6.45) is 4.65. The average Bonchev–Trinajstić information content (AvgIpc) is 2.39. The van der Waals surface area contributed by atoms with Crippen molar-refractivity contribution in [3.05, 3.63) is 42.2 Å². The van der Waals surface area contributed by atoms with E-state index in [2.05, 4.69) is 46.4 Å². The number of hydrogen-bond acceptors (Lipinski definition) is 2. The highest BCUT2D eigenvalue weighted by atomic mass is 14.8. The molecule has 0 atom stereocenters. The third kappa shape index (κ3) is 3.05. The van der Waals surface area contributed by atoms with Gasteiger partial charge in [-0.25, -0.2) is 0 Å². The minimum absolute atomic E-state index is 0.882. The molecule has 2 nitrogen and oxygen atoms in total. The fourth-order valence-electron chi connectivity index (χ4n) is 1.84. The molecule has 0 unspecified atom stereocenters. The number of rotatable bonds is 4. The van der Waals surface area contributed by atoms with Crippen LogP contribution < -0.4 is 5.32 Å². The molecule has 1 aromatic heterocycles. The molecule has 17 heavy (non-hydrogen) atoms. The smallest absolute Gasteiger partial charge is 0.0346 e. The quantitative estimate of drug-likeness (QED) is 0.638. The second kappa shape index (κ2) is 6.03. The lowest BCUT2D eigenvalue weighted by atomic mass is 10.1. The summed E-state index contributed by atoms with van der Waals surface area (Å²) in [6.45, 7) is 3.69. The van der Waals surface area contributed by atoms with Gasteiger partial charge in [0.1, 0.15) is 0 Å². The summed E-state index contributed by atoms with van der Waals surface area (Å²) < 4.78 is 0. The second-order valence-electron chi connectivity index (χ2n) is 3.87. The first-order valence-electron chi connectivity index (χ1n) is 5.84. The maximum absolute atomic E-state index is 4.14. The van der Waals surface area contributed by atoms with E-state index in [0.29, 0.717) is 0 Å².